The topological polar surface area (TPSA) is 41.0 Å². The third-order valence-corrected chi connectivity index (χ3v) is 4.33. The van der Waals surface area contributed by atoms with Crippen molar-refractivity contribution in [1.82, 2.24) is 14.5 Å². The van der Waals surface area contributed by atoms with E-state index in [1.54, 1.807) is 4.57 Å². The van der Waals surface area contributed by atoms with E-state index in [1.807, 2.05) is 0 Å². The number of nitrogens with one attached hydrogen (secondary N) is 1. The number of H-pyrrole nitrogens is 1. The molecule has 1 unspecified atom stereocenters. The van der Waals surface area contributed by atoms with E-state index in [4.69, 9.17) is 0 Å². The summed E-state index contributed by atoms with van der Waals surface area (Å²) < 4.78 is 39.9. The Labute approximate surface area is 125 Å². The number of imidazole rings is 1. The molecular formula is C15H18F3N3O. The third-order valence-electron chi connectivity index (χ3n) is 4.33. The molecule has 120 valence electrons. The van der Waals surface area contributed by atoms with Crippen molar-refractivity contribution >= 4 is 11.0 Å². The number of rotatable bonds is 2. The van der Waals surface area contributed by atoms with Crippen molar-refractivity contribution in [2.24, 2.45) is 0 Å². The van der Waals surface area contributed by atoms with Gasteiger partial charge in [-0.05, 0) is 38.5 Å². The summed E-state index contributed by atoms with van der Waals surface area (Å²) in [7, 11) is 0. The number of benzene rings is 1. The van der Waals surface area contributed by atoms with E-state index < -0.39 is 11.7 Å². The molecular weight excluding hydrogens is 295 g/mol. The van der Waals surface area contributed by atoms with Crippen LogP contribution >= 0.6 is 0 Å². The molecule has 2 aromatic rings. The summed E-state index contributed by atoms with van der Waals surface area (Å²) in [5, 5.41) is 0. The Morgan fingerprint density at radius 3 is 2.64 bits per heavy atom. The van der Waals surface area contributed by atoms with Crippen molar-refractivity contribution in [2.75, 3.05) is 13.1 Å². The normalized spacial score (nSPS) is 20.4. The first-order valence-electron chi connectivity index (χ1n) is 7.33. The fourth-order valence-electron chi connectivity index (χ4n) is 3.12. The number of fused-ring (bicyclic) bond motifs is 1. The SMILES string of the molecule is CC(C)N1CCC(n2c(=O)[nH]c3cc(C(F)(F)F)ccc32)C1. The lowest BCUT2D eigenvalue weighted by Gasteiger charge is -2.20. The minimum atomic E-state index is -4.41. The van der Waals surface area contributed by atoms with Gasteiger partial charge in [-0.3, -0.25) is 9.47 Å². The summed E-state index contributed by atoms with van der Waals surface area (Å²) in [4.78, 5) is 17.0. The van der Waals surface area contributed by atoms with Crippen LogP contribution in [0.5, 0.6) is 0 Å². The Balaban J connectivity index is 2.01. The van der Waals surface area contributed by atoms with Gasteiger partial charge < -0.3 is 4.98 Å². The van der Waals surface area contributed by atoms with E-state index in [1.165, 1.54) is 6.07 Å². The number of halogens is 3. The molecule has 1 aliphatic heterocycles. The maximum absolute atomic E-state index is 12.8. The van der Waals surface area contributed by atoms with E-state index in [0.717, 1.165) is 31.6 Å². The highest BCUT2D eigenvalue weighted by atomic mass is 19.4. The number of aromatic nitrogens is 2. The van der Waals surface area contributed by atoms with Gasteiger partial charge in [-0.25, -0.2) is 4.79 Å². The predicted octanol–water partition coefficient (Wildman–Crippen LogP) is 3.00. The van der Waals surface area contributed by atoms with Gasteiger partial charge in [0.1, 0.15) is 0 Å². The first-order chi connectivity index (χ1) is 10.3. The van der Waals surface area contributed by atoms with Crippen molar-refractivity contribution in [3.05, 3.63) is 34.2 Å². The Morgan fingerprint density at radius 2 is 2.05 bits per heavy atom. The molecule has 1 fully saturated rings. The van der Waals surface area contributed by atoms with Crippen LogP contribution in [0.15, 0.2) is 23.0 Å². The van der Waals surface area contributed by atoms with Crippen LogP contribution in [-0.4, -0.2) is 33.6 Å². The number of nitrogens with zero attached hydrogens (tertiary/aromatic N) is 2. The van der Waals surface area contributed by atoms with Gasteiger partial charge in [-0.15, -0.1) is 0 Å². The maximum atomic E-state index is 12.8. The zero-order valence-electron chi connectivity index (χ0n) is 12.4. The van der Waals surface area contributed by atoms with Gasteiger partial charge in [0, 0.05) is 19.1 Å². The Morgan fingerprint density at radius 1 is 1.32 bits per heavy atom. The van der Waals surface area contributed by atoms with Crippen LogP contribution in [0.3, 0.4) is 0 Å². The Kier molecular flexibility index (Phi) is 3.55. The number of likely N-dealkylation sites (tertiary alicyclic amines) is 1. The van der Waals surface area contributed by atoms with Crippen LogP contribution in [0.4, 0.5) is 13.2 Å². The van der Waals surface area contributed by atoms with Gasteiger partial charge in [0.25, 0.3) is 0 Å². The van der Waals surface area contributed by atoms with Crippen molar-refractivity contribution in [3.63, 3.8) is 0 Å². The van der Waals surface area contributed by atoms with E-state index in [9.17, 15) is 18.0 Å². The van der Waals surface area contributed by atoms with E-state index >= 15 is 0 Å². The third kappa shape index (κ3) is 2.54. The summed E-state index contributed by atoms with van der Waals surface area (Å²) in [5.74, 6) is 0. The van der Waals surface area contributed by atoms with Gasteiger partial charge >= 0.3 is 11.9 Å². The Bertz CT molecular complexity index is 745. The number of aromatic amines is 1. The first kappa shape index (κ1) is 15.1. The van der Waals surface area contributed by atoms with Crippen LogP contribution < -0.4 is 5.69 Å². The molecule has 1 aromatic carbocycles. The van der Waals surface area contributed by atoms with Gasteiger partial charge in [0.15, 0.2) is 0 Å². The molecule has 22 heavy (non-hydrogen) atoms. The molecule has 1 aromatic heterocycles. The minimum Gasteiger partial charge on any atom is -0.306 e. The fourth-order valence-corrected chi connectivity index (χ4v) is 3.12. The highest BCUT2D eigenvalue weighted by molar-refractivity contribution is 5.76. The van der Waals surface area contributed by atoms with E-state index in [-0.39, 0.29) is 17.2 Å². The van der Waals surface area contributed by atoms with Crippen LogP contribution in [0, 0.1) is 0 Å². The van der Waals surface area contributed by atoms with Crippen LogP contribution in [0.2, 0.25) is 0 Å². The summed E-state index contributed by atoms with van der Waals surface area (Å²) in [6, 6.07) is 3.81. The molecule has 1 atom stereocenters. The summed E-state index contributed by atoms with van der Waals surface area (Å²) >= 11 is 0. The van der Waals surface area contributed by atoms with Gasteiger partial charge in [0.05, 0.1) is 22.6 Å². The zero-order valence-corrected chi connectivity index (χ0v) is 12.4. The molecule has 0 bridgehead atoms. The predicted molar refractivity (Wildman–Crippen MR) is 77.9 cm³/mol. The van der Waals surface area contributed by atoms with E-state index in [2.05, 4.69) is 23.7 Å². The number of hydrogen-bond acceptors (Lipinski definition) is 2. The minimum absolute atomic E-state index is 0.000358. The summed E-state index contributed by atoms with van der Waals surface area (Å²) in [6.07, 6.45) is -3.58. The van der Waals surface area contributed by atoms with Crippen LogP contribution in [0.25, 0.3) is 11.0 Å². The van der Waals surface area contributed by atoms with Gasteiger partial charge in [0.2, 0.25) is 0 Å². The first-order valence-corrected chi connectivity index (χ1v) is 7.33. The lowest BCUT2D eigenvalue weighted by Crippen LogP contribution is -2.30. The fraction of sp³-hybridized carbons (Fsp3) is 0.533. The molecule has 2 heterocycles. The standard InChI is InChI=1S/C15H18F3N3O/c1-9(2)20-6-5-11(8-20)21-13-4-3-10(15(16,17)18)7-12(13)19-14(21)22/h3-4,7,9,11H,5-6,8H2,1-2H3,(H,19,22). The molecule has 7 heteroatoms. The number of hydrogen-bond donors (Lipinski definition) is 1. The molecule has 1 N–H and O–H groups in total. The number of alkyl halides is 3. The van der Waals surface area contributed by atoms with Gasteiger partial charge in [-0.1, -0.05) is 0 Å². The average Bonchev–Trinajstić information content (AvgIpc) is 2.99. The van der Waals surface area contributed by atoms with Crippen molar-refractivity contribution in [1.29, 1.82) is 0 Å². The smallest absolute Gasteiger partial charge is 0.306 e. The second kappa shape index (κ2) is 5.15. The quantitative estimate of drug-likeness (QED) is 0.926. The summed E-state index contributed by atoms with van der Waals surface area (Å²) in [5.41, 5.74) is -0.315. The maximum Gasteiger partial charge on any atom is 0.416 e. The molecule has 0 amide bonds. The van der Waals surface area contributed by atoms with Crippen molar-refractivity contribution in [3.8, 4) is 0 Å². The lowest BCUT2D eigenvalue weighted by molar-refractivity contribution is -0.137. The molecule has 1 saturated heterocycles. The second-order valence-corrected chi connectivity index (χ2v) is 6.06. The lowest BCUT2D eigenvalue weighted by atomic mass is 10.2. The second-order valence-electron chi connectivity index (χ2n) is 6.06. The molecule has 0 saturated carbocycles. The summed E-state index contributed by atoms with van der Waals surface area (Å²) in [6.45, 7) is 5.82. The molecule has 0 aliphatic carbocycles. The van der Waals surface area contributed by atoms with Crippen LogP contribution in [-0.2, 0) is 6.18 Å². The molecule has 3 rings (SSSR count). The Hall–Kier alpha value is -1.76. The largest absolute Gasteiger partial charge is 0.416 e. The van der Waals surface area contributed by atoms with Gasteiger partial charge in [-0.2, -0.15) is 13.2 Å². The van der Waals surface area contributed by atoms with E-state index in [0.29, 0.717) is 11.6 Å². The molecule has 0 radical (unpaired) electrons. The van der Waals surface area contributed by atoms with Crippen LogP contribution in [0.1, 0.15) is 31.9 Å². The molecule has 0 spiro atoms. The zero-order chi connectivity index (χ0) is 16.1. The average molecular weight is 313 g/mol. The molecule has 4 nitrogen and oxygen atoms in total. The van der Waals surface area contributed by atoms with Crippen molar-refractivity contribution in [2.45, 2.75) is 38.5 Å². The van der Waals surface area contributed by atoms with Crippen molar-refractivity contribution < 1.29 is 13.2 Å². The molecule has 1 aliphatic rings. The highest BCUT2D eigenvalue weighted by Gasteiger charge is 2.32. The highest BCUT2D eigenvalue weighted by Crippen LogP contribution is 2.32. The monoisotopic (exact) mass is 313 g/mol.